The highest BCUT2D eigenvalue weighted by atomic mass is 79.9. The van der Waals surface area contributed by atoms with Crippen molar-refractivity contribution in [1.29, 1.82) is 0 Å². The fraction of sp³-hybridized carbons (Fsp3) is 0.273. The molecule has 1 N–H and O–H groups in total. The van der Waals surface area contributed by atoms with Crippen molar-refractivity contribution in [3.8, 4) is 0 Å². The molecule has 0 saturated carbocycles. The molecule has 0 amide bonds. The summed E-state index contributed by atoms with van der Waals surface area (Å²) in [5.74, 6) is 0. The van der Waals surface area contributed by atoms with Gasteiger partial charge in [-0.25, -0.2) is 0 Å². The predicted octanol–water partition coefficient (Wildman–Crippen LogP) is 4.24. The number of hydrogen-bond donors (Lipinski definition) is 1. The van der Waals surface area contributed by atoms with Crippen LogP contribution in [0.15, 0.2) is 22.7 Å². The molecule has 2 rings (SSSR count). The number of halogens is 4. The quantitative estimate of drug-likeness (QED) is 0.898. The van der Waals surface area contributed by atoms with E-state index in [4.69, 9.17) is 0 Å². The highest BCUT2D eigenvalue weighted by Gasteiger charge is 2.35. The minimum Gasteiger partial charge on any atom is -0.356 e. The zero-order chi connectivity index (χ0) is 14.0. The summed E-state index contributed by atoms with van der Waals surface area (Å²) in [5.41, 5.74) is 2.04. The number of aryl methyl sites for hydroxylation is 1. The Bertz CT molecular complexity index is 583. The van der Waals surface area contributed by atoms with Gasteiger partial charge < -0.3 is 5.32 Å². The second-order valence-electron chi connectivity index (χ2n) is 3.83. The molecule has 1 aromatic carbocycles. The van der Waals surface area contributed by atoms with Gasteiger partial charge in [-0.1, -0.05) is 33.3 Å². The Hall–Kier alpha value is -1.15. The Labute approximate surface area is 120 Å². The van der Waals surface area contributed by atoms with Crippen LogP contribution in [0.2, 0.25) is 0 Å². The van der Waals surface area contributed by atoms with E-state index >= 15 is 0 Å². The standard InChI is InChI=1S/C11H9BrF3N3S/c1-6-2-3-8(12)4-7(6)5-16-10-18-17-9(19-10)11(13,14)15/h2-4H,5H2,1H3,(H,16,18). The first-order chi connectivity index (χ1) is 8.86. The summed E-state index contributed by atoms with van der Waals surface area (Å²) in [6.45, 7) is 2.34. The van der Waals surface area contributed by atoms with Crippen LogP contribution in [0.5, 0.6) is 0 Å². The lowest BCUT2D eigenvalue weighted by atomic mass is 10.1. The molecule has 3 nitrogen and oxygen atoms in total. The first kappa shape index (κ1) is 14.3. The van der Waals surface area contributed by atoms with Gasteiger partial charge in [-0.3, -0.25) is 0 Å². The van der Waals surface area contributed by atoms with Crippen LogP contribution in [0.1, 0.15) is 16.1 Å². The second kappa shape index (κ2) is 5.46. The van der Waals surface area contributed by atoms with Gasteiger partial charge in [-0.15, -0.1) is 10.2 Å². The van der Waals surface area contributed by atoms with Gasteiger partial charge >= 0.3 is 6.18 Å². The van der Waals surface area contributed by atoms with Crippen molar-refractivity contribution < 1.29 is 13.2 Å². The summed E-state index contributed by atoms with van der Waals surface area (Å²) in [5, 5.41) is 8.65. The lowest BCUT2D eigenvalue weighted by Crippen LogP contribution is -2.03. The van der Waals surface area contributed by atoms with Crippen LogP contribution in [0.25, 0.3) is 0 Å². The molecule has 0 bridgehead atoms. The Morgan fingerprint density at radius 1 is 1.32 bits per heavy atom. The Balaban J connectivity index is 2.06. The third-order valence-electron chi connectivity index (χ3n) is 2.41. The molecule has 0 radical (unpaired) electrons. The minimum atomic E-state index is -4.44. The zero-order valence-electron chi connectivity index (χ0n) is 9.75. The molecule has 19 heavy (non-hydrogen) atoms. The molecular formula is C11H9BrF3N3S. The van der Waals surface area contributed by atoms with Gasteiger partial charge in [0.05, 0.1) is 0 Å². The van der Waals surface area contributed by atoms with Crippen molar-refractivity contribution in [2.24, 2.45) is 0 Å². The van der Waals surface area contributed by atoms with Gasteiger partial charge in [0.15, 0.2) is 0 Å². The highest BCUT2D eigenvalue weighted by Crippen LogP contribution is 2.33. The monoisotopic (exact) mass is 351 g/mol. The van der Waals surface area contributed by atoms with Crippen LogP contribution >= 0.6 is 27.3 Å². The zero-order valence-corrected chi connectivity index (χ0v) is 12.2. The van der Waals surface area contributed by atoms with Crippen LogP contribution in [0.3, 0.4) is 0 Å². The van der Waals surface area contributed by atoms with Gasteiger partial charge in [0.2, 0.25) is 10.1 Å². The van der Waals surface area contributed by atoms with Crippen LogP contribution < -0.4 is 5.32 Å². The number of alkyl halides is 3. The number of rotatable bonds is 3. The van der Waals surface area contributed by atoms with E-state index in [1.807, 2.05) is 25.1 Å². The molecule has 0 atom stereocenters. The van der Waals surface area contributed by atoms with E-state index in [0.29, 0.717) is 17.9 Å². The molecule has 0 spiro atoms. The number of nitrogens with zero attached hydrogens (tertiary/aromatic N) is 2. The molecule has 0 aliphatic heterocycles. The van der Waals surface area contributed by atoms with Gasteiger partial charge in [0.1, 0.15) is 0 Å². The van der Waals surface area contributed by atoms with Gasteiger partial charge in [-0.05, 0) is 30.2 Å². The molecular weight excluding hydrogens is 343 g/mol. The van der Waals surface area contributed by atoms with E-state index in [9.17, 15) is 13.2 Å². The van der Waals surface area contributed by atoms with Crippen molar-refractivity contribution in [2.75, 3.05) is 5.32 Å². The van der Waals surface area contributed by atoms with E-state index in [2.05, 4.69) is 31.4 Å². The Morgan fingerprint density at radius 3 is 2.68 bits per heavy atom. The maximum absolute atomic E-state index is 12.4. The smallest absolute Gasteiger partial charge is 0.356 e. The topological polar surface area (TPSA) is 37.8 Å². The summed E-state index contributed by atoms with van der Waals surface area (Å²) in [7, 11) is 0. The van der Waals surface area contributed by atoms with Crippen LogP contribution in [0.4, 0.5) is 18.3 Å². The molecule has 2 aromatic rings. The van der Waals surface area contributed by atoms with E-state index in [-0.39, 0.29) is 5.13 Å². The van der Waals surface area contributed by atoms with Gasteiger partial charge in [0.25, 0.3) is 0 Å². The van der Waals surface area contributed by atoms with Crippen molar-refractivity contribution >= 4 is 32.4 Å². The van der Waals surface area contributed by atoms with Crippen molar-refractivity contribution in [3.05, 3.63) is 38.8 Å². The molecule has 1 heterocycles. The van der Waals surface area contributed by atoms with Gasteiger partial charge in [-0.2, -0.15) is 13.2 Å². The number of aromatic nitrogens is 2. The SMILES string of the molecule is Cc1ccc(Br)cc1CNc1nnc(C(F)(F)F)s1. The molecule has 8 heteroatoms. The number of benzene rings is 1. The maximum Gasteiger partial charge on any atom is 0.445 e. The third-order valence-corrected chi connectivity index (χ3v) is 3.83. The number of hydrogen-bond acceptors (Lipinski definition) is 4. The molecule has 0 aliphatic rings. The van der Waals surface area contributed by atoms with Crippen molar-refractivity contribution in [2.45, 2.75) is 19.6 Å². The van der Waals surface area contributed by atoms with E-state index < -0.39 is 11.2 Å². The minimum absolute atomic E-state index is 0.159. The van der Waals surface area contributed by atoms with Crippen molar-refractivity contribution in [1.82, 2.24) is 10.2 Å². The molecule has 0 unspecified atom stereocenters. The maximum atomic E-state index is 12.4. The highest BCUT2D eigenvalue weighted by molar-refractivity contribution is 9.10. The number of nitrogens with one attached hydrogen (secondary N) is 1. The van der Waals surface area contributed by atoms with E-state index in [1.54, 1.807) is 0 Å². The summed E-state index contributed by atoms with van der Waals surface area (Å²) in [6, 6.07) is 5.75. The lowest BCUT2D eigenvalue weighted by Gasteiger charge is -2.06. The van der Waals surface area contributed by atoms with Crippen LogP contribution in [-0.4, -0.2) is 10.2 Å². The summed E-state index contributed by atoms with van der Waals surface area (Å²) in [4.78, 5) is 0. The van der Waals surface area contributed by atoms with Crippen molar-refractivity contribution in [3.63, 3.8) is 0 Å². The van der Waals surface area contributed by atoms with E-state index in [1.165, 1.54) is 0 Å². The molecule has 0 aliphatic carbocycles. The Morgan fingerprint density at radius 2 is 2.05 bits per heavy atom. The molecule has 102 valence electrons. The second-order valence-corrected chi connectivity index (χ2v) is 5.73. The lowest BCUT2D eigenvalue weighted by molar-refractivity contribution is -0.138. The van der Waals surface area contributed by atoms with Gasteiger partial charge in [0, 0.05) is 11.0 Å². The summed E-state index contributed by atoms with van der Waals surface area (Å²) < 4.78 is 38.0. The normalized spacial score (nSPS) is 11.6. The Kier molecular flexibility index (Phi) is 4.10. The summed E-state index contributed by atoms with van der Waals surface area (Å²) >= 11 is 3.85. The average molecular weight is 352 g/mol. The molecule has 0 saturated heterocycles. The largest absolute Gasteiger partial charge is 0.445 e. The first-order valence-electron chi connectivity index (χ1n) is 5.26. The summed E-state index contributed by atoms with van der Waals surface area (Å²) in [6.07, 6.45) is -4.44. The van der Waals surface area contributed by atoms with E-state index in [0.717, 1.165) is 15.6 Å². The first-order valence-corrected chi connectivity index (χ1v) is 6.87. The average Bonchev–Trinajstić information content (AvgIpc) is 2.79. The van der Waals surface area contributed by atoms with Crippen LogP contribution in [0, 0.1) is 6.92 Å². The molecule has 0 fully saturated rings. The molecule has 1 aromatic heterocycles. The van der Waals surface area contributed by atoms with Crippen LogP contribution in [-0.2, 0) is 12.7 Å². The fourth-order valence-electron chi connectivity index (χ4n) is 1.41. The third kappa shape index (κ3) is 3.66. The predicted molar refractivity (Wildman–Crippen MR) is 71.1 cm³/mol. The fourth-order valence-corrected chi connectivity index (χ4v) is 2.43. The number of anilines is 1.